The van der Waals surface area contributed by atoms with E-state index in [0.29, 0.717) is 13.0 Å². The summed E-state index contributed by atoms with van der Waals surface area (Å²) in [5.74, 6) is -4.32. The van der Waals surface area contributed by atoms with E-state index in [1.807, 2.05) is 0 Å². The first kappa shape index (κ1) is 25.7. The Balaban J connectivity index is 1.64. The summed E-state index contributed by atoms with van der Waals surface area (Å²) >= 11 is 0. The summed E-state index contributed by atoms with van der Waals surface area (Å²) in [7, 11) is 0. The minimum atomic E-state index is -1.13. The van der Waals surface area contributed by atoms with Crippen molar-refractivity contribution in [2.75, 3.05) is 18.5 Å². The maximum atomic E-state index is 13.8. The molecule has 1 aromatic rings. The summed E-state index contributed by atoms with van der Waals surface area (Å²) < 4.78 is 13.8. The zero-order chi connectivity index (χ0) is 24.7. The molecule has 34 heavy (non-hydrogen) atoms. The van der Waals surface area contributed by atoms with Crippen LogP contribution in [0.3, 0.4) is 0 Å². The van der Waals surface area contributed by atoms with Gasteiger partial charge in [0.1, 0.15) is 24.7 Å². The molecule has 1 heterocycles. The van der Waals surface area contributed by atoms with Crippen molar-refractivity contribution in [3.8, 4) is 0 Å². The monoisotopic (exact) mass is 478 g/mol. The number of hydrogen-bond acceptors (Lipinski definition) is 7. The van der Waals surface area contributed by atoms with Gasteiger partial charge < -0.3 is 26.2 Å². The Morgan fingerprint density at radius 2 is 1.76 bits per heavy atom. The average Bonchev–Trinajstić information content (AvgIpc) is 3.64. The van der Waals surface area contributed by atoms with E-state index in [4.69, 9.17) is 0 Å². The molecule has 3 rings (SSSR count). The van der Waals surface area contributed by atoms with E-state index in [1.54, 1.807) is 0 Å². The van der Waals surface area contributed by atoms with E-state index in [9.17, 15) is 33.8 Å². The van der Waals surface area contributed by atoms with Crippen molar-refractivity contribution >= 4 is 29.2 Å². The topological polar surface area (TPSA) is 157 Å². The van der Waals surface area contributed by atoms with Crippen LogP contribution in [0.25, 0.3) is 0 Å². The lowest BCUT2D eigenvalue weighted by atomic mass is 9.89. The number of anilines is 1. The Hall–Kier alpha value is -2.89. The highest BCUT2D eigenvalue weighted by atomic mass is 19.1. The lowest BCUT2D eigenvalue weighted by molar-refractivity contribution is -0.138. The molecule has 0 radical (unpaired) electrons. The number of benzene rings is 1. The molecule has 1 aromatic carbocycles. The highest BCUT2D eigenvalue weighted by Gasteiger charge is 2.35. The SMILES string of the molecule is O=C(Nc1ccccc1F)C(=O)N[C@@H](CC1CC1)C(=O)N[C@@H](C[C@@H]1CCCNC1O)C(=O)CO. The van der Waals surface area contributed by atoms with Crippen molar-refractivity contribution in [1.29, 1.82) is 0 Å². The smallest absolute Gasteiger partial charge is 0.313 e. The summed E-state index contributed by atoms with van der Waals surface area (Å²) in [5, 5.41) is 29.5. The molecule has 11 heteroatoms. The van der Waals surface area contributed by atoms with Crippen LogP contribution >= 0.6 is 0 Å². The highest BCUT2D eigenvalue weighted by molar-refractivity contribution is 6.40. The number of ketones is 1. The number of nitrogens with one attached hydrogen (secondary N) is 4. The molecule has 2 aliphatic rings. The Morgan fingerprint density at radius 1 is 1.03 bits per heavy atom. The molecule has 1 aliphatic heterocycles. The number of halogens is 1. The van der Waals surface area contributed by atoms with Gasteiger partial charge in [0.05, 0.1) is 11.7 Å². The number of hydrogen-bond donors (Lipinski definition) is 6. The van der Waals surface area contributed by atoms with Gasteiger partial charge in [0.2, 0.25) is 5.91 Å². The number of aliphatic hydroxyl groups excluding tert-OH is 2. The predicted molar refractivity (Wildman–Crippen MR) is 120 cm³/mol. The zero-order valence-electron chi connectivity index (χ0n) is 18.8. The Bertz CT molecular complexity index is 909. The van der Waals surface area contributed by atoms with Crippen molar-refractivity contribution < 1.29 is 33.8 Å². The molecular formula is C23H31FN4O6. The average molecular weight is 479 g/mol. The third kappa shape index (κ3) is 7.31. The van der Waals surface area contributed by atoms with Gasteiger partial charge in [-0.3, -0.25) is 24.5 Å². The first-order valence-corrected chi connectivity index (χ1v) is 11.5. The van der Waals surface area contributed by atoms with Crippen molar-refractivity contribution in [3.63, 3.8) is 0 Å². The predicted octanol–water partition coefficient (Wildman–Crippen LogP) is -0.197. The number of piperidine rings is 1. The van der Waals surface area contributed by atoms with Crippen molar-refractivity contribution in [3.05, 3.63) is 30.1 Å². The van der Waals surface area contributed by atoms with Crippen LogP contribution in [0.1, 0.15) is 38.5 Å². The lowest BCUT2D eigenvalue weighted by Gasteiger charge is -2.31. The van der Waals surface area contributed by atoms with Gasteiger partial charge in [0, 0.05) is 5.92 Å². The van der Waals surface area contributed by atoms with Crippen LogP contribution in [-0.2, 0) is 19.2 Å². The third-order valence-corrected chi connectivity index (χ3v) is 6.17. The molecule has 4 atom stereocenters. The van der Waals surface area contributed by atoms with Gasteiger partial charge in [0.15, 0.2) is 5.78 Å². The van der Waals surface area contributed by atoms with Crippen molar-refractivity contribution in [2.45, 2.75) is 56.8 Å². The van der Waals surface area contributed by atoms with E-state index in [0.717, 1.165) is 25.3 Å². The lowest BCUT2D eigenvalue weighted by Crippen LogP contribution is -2.55. The van der Waals surface area contributed by atoms with E-state index in [2.05, 4.69) is 21.3 Å². The number of Topliss-reactive ketones (excluding diaryl/α,β-unsaturated/α-hetero) is 1. The Morgan fingerprint density at radius 3 is 2.41 bits per heavy atom. The molecule has 1 unspecified atom stereocenters. The molecule has 1 saturated heterocycles. The number of para-hydroxylation sites is 1. The van der Waals surface area contributed by atoms with Crippen LogP contribution in [0.2, 0.25) is 0 Å². The molecule has 6 N–H and O–H groups in total. The molecule has 3 amide bonds. The van der Waals surface area contributed by atoms with Crippen LogP contribution in [-0.4, -0.2) is 65.2 Å². The summed E-state index contributed by atoms with van der Waals surface area (Å²) in [4.78, 5) is 50.0. The Kier molecular flexibility index (Phi) is 9.08. The fourth-order valence-electron chi connectivity index (χ4n) is 4.03. The largest absolute Gasteiger partial charge is 0.389 e. The van der Waals surface area contributed by atoms with E-state index in [-0.39, 0.29) is 30.4 Å². The second kappa shape index (κ2) is 12.0. The van der Waals surface area contributed by atoms with E-state index in [1.165, 1.54) is 18.2 Å². The Labute approximate surface area is 196 Å². The van der Waals surface area contributed by atoms with Crippen LogP contribution in [0.5, 0.6) is 0 Å². The van der Waals surface area contributed by atoms with Gasteiger partial charge in [-0.2, -0.15) is 0 Å². The van der Waals surface area contributed by atoms with Gasteiger partial charge in [-0.05, 0) is 50.3 Å². The maximum absolute atomic E-state index is 13.8. The van der Waals surface area contributed by atoms with Crippen LogP contribution < -0.4 is 21.3 Å². The van der Waals surface area contributed by atoms with Crippen LogP contribution in [0.15, 0.2) is 24.3 Å². The molecule has 0 aromatic heterocycles. The first-order valence-electron chi connectivity index (χ1n) is 11.5. The summed E-state index contributed by atoms with van der Waals surface area (Å²) in [6, 6.07) is 3.23. The molecule has 0 spiro atoms. The van der Waals surface area contributed by atoms with E-state index >= 15 is 0 Å². The normalized spacial score (nSPS) is 21.7. The van der Waals surface area contributed by atoms with Gasteiger partial charge in [0.25, 0.3) is 0 Å². The molecule has 1 aliphatic carbocycles. The summed E-state index contributed by atoms with van der Waals surface area (Å²) in [5.41, 5.74) is -0.167. The second-order valence-corrected chi connectivity index (χ2v) is 8.86. The van der Waals surface area contributed by atoms with Gasteiger partial charge in [-0.25, -0.2) is 4.39 Å². The zero-order valence-corrected chi connectivity index (χ0v) is 18.8. The number of amides is 3. The number of carbonyl (C=O) groups excluding carboxylic acids is 4. The quantitative estimate of drug-likeness (QED) is 0.254. The molecule has 0 bridgehead atoms. The fraction of sp³-hybridized carbons (Fsp3) is 0.565. The maximum Gasteiger partial charge on any atom is 0.313 e. The third-order valence-electron chi connectivity index (χ3n) is 6.17. The molecule has 10 nitrogen and oxygen atoms in total. The molecule has 186 valence electrons. The standard InChI is InChI=1S/C23H31FN4O6/c24-15-5-1-2-6-16(15)26-22(33)23(34)28-18(10-13-7-8-13)21(32)27-17(19(30)12-29)11-14-4-3-9-25-20(14)31/h1-2,5-6,13-14,17-18,20,25,29,31H,3-4,7-12H2,(H,26,33)(H,27,32)(H,28,34)/t14-,17-,18-,20?/m0/s1. The van der Waals surface area contributed by atoms with Crippen molar-refractivity contribution in [2.24, 2.45) is 11.8 Å². The van der Waals surface area contributed by atoms with Gasteiger partial charge in [-0.1, -0.05) is 25.0 Å². The van der Waals surface area contributed by atoms with Crippen LogP contribution in [0, 0.1) is 17.7 Å². The molecule has 1 saturated carbocycles. The van der Waals surface area contributed by atoms with Crippen LogP contribution in [0.4, 0.5) is 10.1 Å². The number of rotatable bonds is 10. The summed E-state index contributed by atoms with van der Waals surface area (Å²) in [6.45, 7) is -0.140. The summed E-state index contributed by atoms with van der Waals surface area (Å²) in [6.07, 6.45) is 2.77. The van der Waals surface area contributed by atoms with E-state index < -0.39 is 54.2 Å². The minimum Gasteiger partial charge on any atom is -0.389 e. The minimum absolute atomic E-state index is 0.122. The van der Waals surface area contributed by atoms with Gasteiger partial charge >= 0.3 is 11.8 Å². The molecular weight excluding hydrogens is 447 g/mol. The molecule has 2 fully saturated rings. The van der Waals surface area contributed by atoms with Crippen molar-refractivity contribution in [1.82, 2.24) is 16.0 Å². The first-order chi connectivity index (χ1) is 16.3. The number of aliphatic hydroxyl groups is 2. The highest BCUT2D eigenvalue weighted by Crippen LogP contribution is 2.33. The van der Waals surface area contributed by atoms with Gasteiger partial charge in [-0.15, -0.1) is 0 Å². The number of carbonyl (C=O) groups is 4. The second-order valence-electron chi connectivity index (χ2n) is 8.86. The fourth-order valence-corrected chi connectivity index (χ4v) is 4.03.